The van der Waals surface area contributed by atoms with Gasteiger partial charge in [0.15, 0.2) is 0 Å². The quantitative estimate of drug-likeness (QED) is 0.733. The Morgan fingerprint density at radius 2 is 2.05 bits per heavy atom. The van der Waals surface area contributed by atoms with Crippen LogP contribution in [-0.4, -0.2) is 24.7 Å². The maximum atomic E-state index is 12.3. The summed E-state index contributed by atoms with van der Waals surface area (Å²) in [6, 6.07) is 11.6. The second-order valence-electron chi connectivity index (χ2n) is 4.74. The zero-order valence-corrected chi connectivity index (χ0v) is 14.2. The van der Waals surface area contributed by atoms with Crippen molar-refractivity contribution in [3.63, 3.8) is 0 Å². The number of aromatic nitrogens is 1. The van der Waals surface area contributed by atoms with Crippen LogP contribution in [0.4, 0.5) is 0 Å². The van der Waals surface area contributed by atoms with Crippen LogP contribution in [0.2, 0.25) is 0 Å². The molecule has 0 fully saturated rings. The first-order valence-corrected chi connectivity index (χ1v) is 7.85. The van der Waals surface area contributed by atoms with E-state index in [1.165, 1.54) is 0 Å². The van der Waals surface area contributed by atoms with E-state index in [9.17, 15) is 4.79 Å². The lowest BCUT2D eigenvalue weighted by molar-refractivity contribution is -0.145. The molecule has 22 heavy (non-hydrogen) atoms. The second-order valence-corrected chi connectivity index (χ2v) is 5.59. The summed E-state index contributed by atoms with van der Waals surface area (Å²) >= 11 is 3.37. The molecule has 1 atom stereocenters. The number of methoxy groups -OCH3 is 1. The highest BCUT2D eigenvalue weighted by molar-refractivity contribution is 9.10. The maximum Gasteiger partial charge on any atom is 0.315 e. The van der Waals surface area contributed by atoms with Crippen LogP contribution < -0.4 is 4.74 Å². The molecule has 0 spiro atoms. The highest BCUT2D eigenvalue weighted by Gasteiger charge is 2.24. The standard InChI is InChI=1S/C17H18BrNO3/c1-3-22-17(20)13(9-12-7-5-4-6-8-12)15-10-16(21-2)14(18)11-19-15/h4-8,10-11,13H,3,9H2,1-2H3. The lowest BCUT2D eigenvalue weighted by atomic mass is 9.95. The lowest BCUT2D eigenvalue weighted by Gasteiger charge is -2.16. The van der Waals surface area contributed by atoms with E-state index in [-0.39, 0.29) is 5.97 Å². The largest absolute Gasteiger partial charge is 0.495 e. The molecule has 0 saturated carbocycles. The Balaban J connectivity index is 2.33. The van der Waals surface area contributed by atoms with Gasteiger partial charge in [0.2, 0.25) is 0 Å². The molecule has 0 radical (unpaired) electrons. The van der Waals surface area contributed by atoms with Gasteiger partial charge in [-0.3, -0.25) is 9.78 Å². The number of halogens is 1. The molecule has 0 amide bonds. The molecule has 0 bridgehead atoms. The molecule has 0 saturated heterocycles. The van der Waals surface area contributed by atoms with Crippen molar-refractivity contribution in [2.45, 2.75) is 19.3 Å². The van der Waals surface area contributed by atoms with E-state index in [0.717, 1.165) is 10.0 Å². The van der Waals surface area contributed by atoms with Crippen LogP contribution in [0.15, 0.2) is 47.1 Å². The van der Waals surface area contributed by atoms with Gasteiger partial charge >= 0.3 is 5.97 Å². The molecular weight excluding hydrogens is 346 g/mol. The van der Waals surface area contributed by atoms with Crippen LogP contribution in [0.5, 0.6) is 5.75 Å². The van der Waals surface area contributed by atoms with Gasteiger partial charge in [-0.2, -0.15) is 0 Å². The molecule has 1 aromatic heterocycles. The van der Waals surface area contributed by atoms with Gasteiger partial charge in [0.05, 0.1) is 23.9 Å². The third kappa shape index (κ3) is 4.07. The van der Waals surface area contributed by atoms with E-state index in [0.29, 0.717) is 24.5 Å². The summed E-state index contributed by atoms with van der Waals surface area (Å²) in [7, 11) is 1.58. The molecular formula is C17H18BrNO3. The Morgan fingerprint density at radius 1 is 1.32 bits per heavy atom. The number of nitrogens with zero attached hydrogens (tertiary/aromatic N) is 1. The van der Waals surface area contributed by atoms with E-state index in [1.54, 1.807) is 26.3 Å². The minimum atomic E-state index is -0.454. The number of hydrogen-bond acceptors (Lipinski definition) is 4. The Hall–Kier alpha value is -1.88. The number of ether oxygens (including phenoxy) is 2. The number of benzene rings is 1. The number of pyridine rings is 1. The number of hydrogen-bond donors (Lipinski definition) is 0. The normalized spacial score (nSPS) is 11.8. The third-order valence-corrected chi connectivity index (χ3v) is 3.87. The van der Waals surface area contributed by atoms with Crippen LogP contribution in [-0.2, 0) is 16.0 Å². The van der Waals surface area contributed by atoms with Crippen LogP contribution >= 0.6 is 15.9 Å². The molecule has 1 heterocycles. The van der Waals surface area contributed by atoms with E-state index >= 15 is 0 Å². The van der Waals surface area contributed by atoms with E-state index in [1.807, 2.05) is 30.3 Å². The maximum absolute atomic E-state index is 12.3. The number of carbonyl (C=O) groups is 1. The first-order valence-electron chi connectivity index (χ1n) is 7.05. The van der Waals surface area contributed by atoms with Gasteiger partial charge in [-0.1, -0.05) is 30.3 Å². The predicted molar refractivity (Wildman–Crippen MR) is 88.0 cm³/mol. The minimum absolute atomic E-state index is 0.275. The van der Waals surface area contributed by atoms with Crippen LogP contribution in [0.1, 0.15) is 24.1 Å². The summed E-state index contributed by atoms with van der Waals surface area (Å²) in [4.78, 5) is 16.7. The molecule has 0 aliphatic rings. The first-order chi connectivity index (χ1) is 10.7. The van der Waals surface area contributed by atoms with Crippen molar-refractivity contribution in [3.8, 4) is 5.75 Å². The van der Waals surface area contributed by atoms with Crippen molar-refractivity contribution in [1.29, 1.82) is 0 Å². The average molecular weight is 364 g/mol. The fourth-order valence-electron chi connectivity index (χ4n) is 2.18. The Labute approximate surface area is 138 Å². The van der Waals surface area contributed by atoms with Gasteiger partial charge in [0.25, 0.3) is 0 Å². The van der Waals surface area contributed by atoms with E-state index < -0.39 is 5.92 Å². The molecule has 2 rings (SSSR count). The van der Waals surface area contributed by atoms with Gasteiger partial charge in [-0.15, -0.1) is 0 Å². The molecule has 1 aromatic carbocycles. The van der Waals surface area contributed by atoms with Crippen molar-refractivity contribution in [3.05, 3.63) is 58.3 Å². The first kappa shape index (κ1) is 16.5. The highest BCUT2D eigenvalue weighted by atomic mass is 79.9. The topological polar surface area (TPSA) is 48.4 Å². The second kappa shape index (κ2) is 7.94. The van der Waals surface area contributed by atoms with Crippen molar-refractivity contribution < 1.29 is 14.3 Å². The Morgan fingerprint density at radius 3 is 2.68 bits per heavy atom. The summed E-state index contributed by atoms with van der Waals surface area (Å²) in [6.07, 6.45) is 2.18. The number of rotatable bonds is 6. The van der Waals surface area contributed by atoms with Gasteiger partial charge in [0, 0.05) is 12.3 Å². The highest BCUT2D eigenvalue weighted by Crippen LogP contribution is 2.29. The fourth-order valence-corrected chi connectivity index (χ4v) is 2.56. The summed E-state index contributed by atoms with van der Waals surface area (Å²) in [5, 5.41) is 0. The van der Waals surface area contributed by atoms with Gasteiger partial charge < -0.3 is 9.47 Å². The molecule has 4 nitrogen and oxygen atoms in total. The van der Waals surface area contributed by atoms with Crippen molar-refractivity contribution in [2.75, 3.05) is 13.7 Å². The van der Waals surface area contributed by atoms with E-state index in [2.05, 4.69) is 20.9 Å². The van der Waals surface area contributed by atoms with Crippen LogP contribution in [0.25, 0.3) is 0 Å². The Kier molecular flexibility index (Phi) is 5.95. The summed E-state index contributed by atoms with van der Waals surface area (Å²) in [5.41, 5.74) is 1.70. The Bertz CT molecular complexity index is 631. The van der Waals surface area contributed by atoms with Gasteiger partial charge in [-0.25, -0.2) is 0 Å². The van der Waals surface area contributed by atoms with Crippen LogP contribution in [0.3, 0.4) is 0 Å². The van der Waals surface area contributed by atoms with Crippen molar-refractivity contribution >= 4 is 21.9 Å². The average Bonchev–Trinajstić information content (AvgIpc) is 2.54. The lowest BCUT2D eigenvalue weighted by Crippen LogP contribution is -2.19. The monoisotopic (exact) mass is 363 g/mol. The molecule has 0 aliphatic heterocycles. The molecule has 0 aliphatic carbocycles. The smallest absolute Gasteiger partial charge is 0.315 e. The fraction of sp³-hybridized carbons (Fsp3) is 0.294. The van der Waals surface area contributed by atoms with Crippen molar-refractivity contribution in [1.82, 2.24) is 4.98 Å². The molecule has 5 heteroatoms. The van der Waals surface area contributed by atoms with E-state index in [4.69, 9.17) is 9.47 Å². The van der Waals surface area contributed by atoms with Gasteiger partial charge in [-0.05, 0) is 34.8 Å². The zero-order chi connectivity index (χ0) is 15.9. The van der Waals surface area contributed by atoms with Crippen LogP contribution in [0, 0.1) is 0 Å². The summed E-state index contributed by atoms with van der Waals surface area (Å²) in [5.74, 6) is -0.0834. The third-order valence-electron chi connectivity index (χ3n) is 3.27. The minimum Gasteiger partial charge on any atom is -0.495 e. The number of esters is 1. The molecule has 0 N–H and O–H groups in total. The molecule has 116 valence electrons. The van der Waals surface area contributed by atoms with Gasteiger partial charge in [0.1, 0.15) is 11.7 Å². The summed E-state index contributed by atoms with van der Waals surface area (Å²) < 4.78 is 11.2. The van der Waals surface area contributed by atoms with Crippen molar-refractivity contribution in [2.24, 2.45) is 0 Å². The zero-order valence-electron chi connectivity index (χ0n) is 12.6. The summed E-state index contributed by atoms with van der Waals surface area (Å²) in [6.45, 7) is 2.14. The number of carbonyl (C=O) groups excluding carboxylic acids is 1. The predicted octanol–water partition coefficient (Wildman–Crippen LogP) is 3.74. The SMILES string of the molecule is CCOC(=O)C(Cc1ccccc1)c1cc(OC)c(Br)cn1. The molecule has 1 unspecified atom stereocenters. The molecule has 2 aromatic rings.